The van der Waals surface area contributed by atoms with E-state index in [2.05, 4.69) is 43.4 Å². The molecule has 1 unspecified atom stereocenters. The van der Waals surface area contributed by atoms with E-state index in [1.54, 1.807) is 0 Å². The van der Waals surface area contributed by atoms with Gasteiger partial charge in [0.05, 0.1) is 20.7 Å². The van der Waals surface area contributed by atoms with Crippen LogP contribution in [-0.4, -0.2) is 25.7 Å². The number of fused-ring (bicyclic) bond motifs is 1. The molecule has 0 spiro atoms. The van der Waals surface area contributed by atoms with Crippen LogP contribution in [0.25, 0.3) is 10.9 Å². The average Bonchev–Trinajstić information content (AvgIpc) is 2.47. The molecular weight excluding hydrogens is 294 g/mol. The summed E-state index contributed by atoms with van der Waals surface area (Å²) in [4.78, 5) is 23.5. The molecule has 0 amide bonds. The number of methoxy groups -OCH3 is 1. The summed E-state index contributed by atoms with van der Waals surface area (Å²) in [5.74, 6) is -0.422. The maximum absolute atomic E-state index is 12.0. The van der Waals surface area contributed by atoms with Gasteiger partial charge in [-0.2, -0.15) is 0 Å². The zero-order valence-electron chi connectivity index (χ0n) is 13.8. The molecule has 0 aliphatic rings. The number of esters is 1. The van der Waals surface area contributed by atoms with E-state index in [4.69, 9.17) is 0 Å². The van der Waals surface area contributed by atoms with E-state index in [0.717, 1.165) is 10.9 Å². The summed E-state index contributed by atoms with van der Waals surface area (Å²) in [5, 5.41) is 0.978. The van der Waals surface area contributed by atoms with Crippen LogP contribution in [0.2, 0.25) is 19.6 Å². The number of nitrogens with zero attached hydrogens (tertiary/aromatic N) is 1. The number of carbonyl (C=O) groups excluding carboxylic acids is 1. The number of rotatable bonds is 4. The van der Waals surface area contributed by atoms with Crippen LogP contribution in [0.5, 0.6) is 0 Å². The number of carbonyl (C=O) groups is 1. The van der Waals surface area contributed by atoms with Gasteiger partial charge in [-0.05, 0) is 34.7 Å². The van der Waals surface area contributed by atoms with E-state index < -0.39 is 14.0 Å². The van der Waals surface area contributed by atoms with Crippen molar-refractivity contribution < 1.29 is 9.53 Å². The molecule has 0 bridgehead atoms. The summed E-state index contributed by atoms with van der Waals surface area (Å²) < 4.78 is 6.13. The summed E-state index contributed by atoms with van der Waals surface area (Å²) in [6, 6.07) is 9.47. The largest absolute Gasteiger partial charge is 0.468 e. The first kappa shape index (κ1) is 16.5. The molecule has 5 heteroatoms. The van der Waals surface area contributed by atoms with Crippen LogP contribution in [0, 0.1) is 0 Å². The maximum atomic E-state index is 12.0. The monoisotopic (exact) mass is 317 g/mol. The number of hydrogen-bond donors (Lipinski definition) is 0. The van der Waals surface area contributed by atoms with Crippen molar-refractivity contribution in [2.75, 3.05) is 7.11 Å². The third-order valence-corrected chi connectivity index (χ3v) is 7.26. The van der Waals surface area contributed by atoms with E-state index >= 15 is 0 Å². The normalized spacial score (nSPS) is 13.1. The molecule has 1 heterocycles. The molecule has 1 aromatic heterocycles. The molecule has 4 nitrogen and oxygen atoms in total. The average molecular weight is 317 g/mol. The Morgan fingerprint density at radius 1 is 1.23 bits per heavy atom. The highest BCUT2D eigenvalue weighted by atomic mass is 28.3. The number of hydrogen-bond acceptors (Lipinski definition) is 3. The Labute approximate surface area is 131 Å². The lowest BCUT2D eigenvalue weighted by atomic mass is 10.1. The summed E-state index contributed by atoms with van der Waals surface area (Å²) >= 11 is 0. The standard InChI is InChI=1S/C17H23NO3Si/c1-12(22(3,4)5)13-6-8-15-14(10-13)7-9-16(19)18(15)11-17(20)21-2/h6-10,12H,11H2,1-5H3. The molecule has 0 radical (unpaired) electrons. The fourth-order valence-electron chi connectivity index (χ4n) is 2.45. The van der Waals surface area contributed by atoms with Gasteiger partial charge in [-0.25, -0.2) is 0 Å². The van der Waals surface area contributed by atoms with Gasteiger partial charge in [-0.15, -0.1) is 0 Å². The van der Waals surface area contributed by atoms with Crippen molar-refractivity contribution in [3.05, 3.63) is 46.2 Å². The Balaban J connectivity index is 2.54. The zero-order chi connectivity index (χ0) is 16.5. The van der Waals surface area contributed by atoms with Crippen molar-refractivity contribution >= 4 is 24.9 Å². The van der Waals surface area contributed by atoms with Crippen LogP contribution >= 0.6 is 0 Å². The van der Waals surface area contributed by atoms with E-state index in [1.165, 1.54) is 23.3 Å². The lowest BCUT2D eigenvalue weighted by Gasteiger charge is -2.26. The smallest absolute Gasteiger partial charge is 0.325 e. The number of pyridine rings is 1. The minimum Gasteiger partial charge on any atom is -0.468 e. The molecule has 2 rings (SSSR count). The molecule has 0 saturated heterocycles. The van der Waals surface area contributed by atoms with Crippen molar-refractivity contribution in [3.63, 3.8) is 0 Å². The lowest BCUT2D eigenvalue weighted by molar-refractivity contribution is -0.141. The minimum atomic E-state index is -1.29. The predicted octanol–water partition coefficient (Wildman–Crippen LogP) is 3.16. The van der Waals surface area contributed by atoms with Crippen molar-refractivity contribution in [1.29, 1.82) is 0 Å². The molecule has 0 N–H and O–H groups in total. The maximum Gasteiger partial charge on any atom is 0.325 e. The Bertz CT molecular complexity index is 759. The lowest BCUT2D eigenvalue weighted by Crippen LogP contribution is -2.29. The first-order chi connectivity index (χ1) is 10.2. The number of benzene rings is 1. The Hall–Kier alpha value is -1.88. The van der Waals surface area contributed by atoms with Gasteiger partial charge < -0.3 is 4.74 Å². The van der Waals surface area contributed by atoms with Gasteiger partial charge in [0.2, 0.25) is 0 Å². The van der Waals surface area contributed by atoms with Crippen molar-refractivity contribution in [3.8, 4) is 0 Å². The van der Waals surface area contributed by atoms with Crippen LogP contribution in [-0.2, 0) is 16.1 Å². The minimum absolute atomic E-state index is 0.0599. The second kappa shape index (κ2) is 6.08. The Morgan fingerprint density at radius 2 is 1.91 bits per heavy atom. The first-order valence-electron chi connectivity index (χ1n) is 7.44. The van der Waals surface area contributed by atoms with Crippen molar-refractivity contribution in [2.24, 2.45) is 0 Å². The highest BCUT2D eigenvalue weighted by molar-refractivity contribution is 6.77. The van der Waals surface area contributed by atoms with E-state index in [9.17, 15) is 9.59 Å². The molecule has 118 valence electrons. The topological polar surface area (TPSA) is 48.3 Å². The van der Waals surface area contributed by atoms with E-state index in [-0.39, 0.29) is 12.1 Å². The fraction of sp³-hybridized carbons (Fsp3) is 0.412. The molecule has 1 atom stereocenters. The Morgan fingerprint density at radius 3 is 2.50 bits per heavy atom. The SMILES string of the molecule is COC(=O)Cn1c(=O)ccc2cc(C(C)[Si](C)(C)C)ccc21. The second-order valence-electron chi connectivity index (χ2n) is 6.74. The molecule has 1 aromatic carbocycles. The molecule has 0 aliphatic heterocycles. The molecule has 0 fully saturated rings. The molecule has 22 heavy (non-hydrogen) atoms. The van der Waals surface area contributed by atoms with Gasteiger partial charge in [0.1, 0.15) is 6.54 Å². The summed E-state index contributed by atoms with van der Waals surface area (Å²) in [5.41, 5.74) is 2.39. The second-order valence-corrected chi connectivity index (χ2v) is 12.3. The highest BCUT2D eigenvalue weighted by Crippen LogP contribution is 2.28. The first-order valence-corrected chi connectivity index (χ1v) is 11.0. The van der Waals surface area contributed by atoms with Crippen LogP contribution in [0.3, 0.4) is 0 Å². The Kier molecular flexibility index (Phi) is 4.56. The van der Waals surface area contributed by atoms with Gasteiger partial charge in [-0.1, -0.05) is 32.6 Å². The quantitative estimate of drug-likeness (QED) is 0.643. The third kappa shape index (κ3) is 3.30. The third-order valence-electron chi connectivity index (χ3n) is 4.33. The van der Waals surface area contributed by atoms with Crippen LogP contribution in [0.15, 0.2) is 35.1 Å². The van der Waals surface area contributed by atoms with Crippen LogP contribution in [0.4, 0.5) is 0 Å². The van der Waals surface area contributed by atoms with Gasteiger partial charge in [0, 0.05) is 6.07 Å². The van der Waals surface area contributed by atoms with Crippen LogP contribution < -0.4 is 5.56 Å². The number of ether oxygens (including phenoxy) is 1. The van der Waals surface area contributed by atoms with E-state index in [0.29, 0.717) is 5.54 Å². The number of aromatic nitrogens is 1. The summed E-state index contributed by atoms with van der Waals surface area (Å²) in [6.07, 6.45) is 0. The van der Waals surface area contributed by atoms with Crippen LogP contribution in [0.1, 0.15) is 18.0 Å². The molecule has 2 aromatic rings. The van der Waals surface area contributed by atoms with Gasteiger partial charge in [0.25, 0.3) is 5.56 Å². The molecule has 0 saturated carbocycles. The zero-order valence-corrected chi connectivity index (χ0v) is 14.8. The van der Waals surface area contributed by atoms with Gasteiger partial charge in [-0.3, -0.25) is 14.2 Å². The summed E-state index contributed by atoms with van der Waals surface area (Å²) in [6.45, 7) is 9.24. The van der Waals surface area contributed by atoms with Crippen molar-refractivity contribution in [2.45, 2.75) is 38.7 Å². The van der Waals surface area contributed by atoms with E-state index in [1.807, 2.05) is 12.1 Å². The summed E-state index contributed by atoms with van der Waals surface area (Å²) in [7, 11) is 0.0377. The molecule has 0 aliphatic carbocycles. The van der Waals surface area contributed by atoms with Gasteiger partial charge in [0.15, 0.2) is 0 Å². The van der Waals surface area contributed by atoms with Crippen molar-refractivity contribution in [1.82, 2.24) is 4.57 Å². The highest BCUT2D eigenvalue weighted by Gasteiger charge is 2.24. The molecular formula is C17H23NO3Si. The predicted molar refractivity (Wildman–Crippen MR) is 92.0 cm³/mol. The van der Waals surface area contributed by atoms with Gasteiger partial charge >= 0.3 is 5.97 Å². The fourth-order valence-corrected chi connectivity index (χ4v) is 3.63.